The number of hydrogen-bond donors (Lipinski definition) is 1. The lowest BCUT2D eigenvalue weighted by Crippen LogP contribution is -2.57. The van der Waals surface area contributed by atoms with Crippen LogP contribution in [-0.2, 0) is 20.9 Å². The zero-order chi connectivity index (χ0) is 33.8. The minimum absolute atomic E-state index is 0.0307. The number of thioether (sulfide) groups is 1. The van der Waals surface area contributed by atoms with Gasteiger partial charge in [0, 0.05) is 43.7 Å². The molecule has 48 heavy (non-hydrogen) atoms. The highest BCUT2D eigenvalue weighted by Crippen LogP contribution is 2.69. The van der Waals surface area contributed by atoms with Crippen LogP contribution in [0.25, 0.3) is 10.8 Å². The van der Waals surface area contributed by atoms with Gasteiger partial charge in [-0.1, -0.05) is 92.6 Å². The van der Waals surface area contributed by atoms with Crippen molar-refractivity contribution in [1.82, 2.24) is 9.80 Å². The first-order chi connectivity index (χ1) is 23.3. The number of likely N-dealkylation sites (tertiary alicyclic amines) is 1. The highest BCUT2D eigenvalue weighted by atomic mass is 32.2. The molecule has 0 aliphatic carbocycles. The number of unbranched alkanes of at least 4 members (excludes halogenated alkanes) is 3. The number of carbonyl (C=O) groups is 3. The van der Waals surface area contributed by atoms with Gasteiger partial charge in [-0.2, -0.15) is 0 Å². The Kier molecular flexibility index (Phi) is 10.4. The third-order valence-electron chi connectivity index (χ3n) is 10.6. The van der Waals surface area contributed by atoms with E-state index >= 15 is 4.79 Å². The van der Waals surface area contributed by atoms with E-state index in [1.54, 1.807) is 28.8 Å². The Bertz CT molecular complexity index is 1660. The highest BCUT2D eigenvalue weighted by Gasteiger charge is 2.76. The molecule has 0 aromatic heterocycles. The SMILES string of the molecule is C=CCN(Cc1ccccc1)C(=O)[C@@H]1[C@@H]2CC(C)C3(S2)C(C(=O)N(CC=C)c2ccc4ccccc4c2)N(CCCCCCO)C(=O)[C@H]13. The summed E-state index contributed by atoms with van der Waals surface area (Å²) in [7, 11) is 0. The third-order valence-corrected chi connectivity index (χ3v) is 12.6. The number of fused-ring (bicyclic) bond motifs is 2. The molecule has 3 aliphatic heterocycles. The molecular weight excluding hydrogens is 619 g/mol. The van der Waals surface area contributed by atoms with Crippen molar-refractivity contribution in [3.05, 3.63) is 104 Å². The molecule has 3 heterocycles. The Hall–Kier alpha value is -3.88. The van der Waals surface area contributed by atoms with Gasteiger partial charge in [-0.25, -0.2) is 0 Å². The average Bonchev–Trinajstić information content (AvgIpc) is 3.70. The Balaban J connectivity index is 1.38. The molecule has 3 fully saturated rings. The Morgan fingerprint density at radius 2 is 1.65 bits per heavy atom. The standard InChI is InChI=1S/C40H47N3O4S/c1-4-21-41(27-29-15-9-8-10-16-29)37(45)34-33-25-28(3)40(48-33)35(34)38(46)43(23-13-6-7-14-24-44)36(40)39(47)42(22-5-2)32-20-19-30-17-11-12-18-31(30)26-32/h4-5,8-12,15-20,26,28,33-36,44H,1-2,6-7,13-14,21-25,27H2,3H3/t28?,33-,34+,35-,36?,40?/m0/s1. The molecule has 3 aromatic carbocycles. The molecule has 3 saturated heterocycles. The van der Waals surface area contributed by atoms with E-state index in [9.17, 15) is 14.7 Å². The van der Waals surface area contributed by atoms with Crippen molar-refractivity contribution in [3.63, 3.8) is 0 Å². The fourth-order valence-corrected chi connectivity index (χ4v) is 10.8. The maximum absolute atomic E-state index is 15.1. The molecule has 0 saturated carbocycles. The Morgan fingerprint density at radius 1 is 0.938 bits per heavy atom. The van der Waals surface area contributed by atoms with Gasteiger partial charge in [-0.15, -0.1) is 24.9 Å². The summed E-state index contributed by atoms with van der Waals surface area (Å²) < 4.78 is -0.715. The predicted molar refractivity (Wildman–Crippen MR) is 194 cm³/mol. The quantitative estimate of drug-likeness (QED) is 0.149. The molecule has 3 unspecified atom stereocenters. The molecule has 0 radical (unpaired) electrons. The summed E-state index contributed by atoms with van der Waals surface area (Å²) in [5.41, 5.74) is 1.80. The predicted octanol–water partition coefficient (Wildman–Crippen LogP) is 6.46. The minimum Gasteiger partial charge on any atom is -0.396 e. The summed E-state index contributed by atoms with van der Waals surface area (Å²) in [6, 6.07) is 23.3. The summed E-state index contributed by atoms with van der Waals surface area (Å²) in [6.07, 6.45) is 7.42. The van der Waals surface area contributed by atoms with E-state index in [2.05, 4.69) is 26.1 Å². The maximum atomic E-state index is 15.1. The average molecular weight is 666 g/mol. The monoisotopic (exact) mass is 665 g/mol. The van der Waals surface area contributed by atoms with E-state index in [0.717, 1.165) is 47.7 Å². The Morgan fingerprint density at radius 3 is 2.38 bits per heavy atom. The van der Waals surface area contributed by atoms with Crippen molar-refractivity contribution in [3.8, 4) is 0 Å². The number of amides is 3. The van der Waals surface area contributed by atoms with Crippen LogP contribution in [0.2, 0.25) is 0 Å². The van der Waals surface area contributed by atoms with Gasteiger partial charge in [0.05, 0.1) is 16.6 Å². The summed E-state index contributed by atoms with van der Waals surface area (Å²) in [5.74, 6) is -1.24. The van der Waals surface area contributed by atoms with Gasteiger partial charge in [-0.3, -0.25) is 14.4 Å². The number of nitrogens with zero attached hydrogens (tertiary/aromatic N) is 3. The Labute approximate surface area is 288 Å². The second-order valence-corrected chi connectivity index (χ2v) is 15.0. The summed E-state index contributed by atoms with van der Waals surface area (Å²) in [4.78, 5) is 49.9. The topological polar surface area (TPSA) is 81.2 Å². The minimum atomic E-state index is -0.715. The summed E-state index contributed by atoms with van der Waals surface area (Å²) >= 11 is 1.72. The highest BCUT2D eigenvalue weighted by molar-refractivity contribution is 8.02. The van der Waals surface area contributed by atoms with Gasteiger partial charge >= 0.3 is 0 Å². The fourth-order valence-electron chi connectivity index (χ4n) is 8.42. The lowest BCUT2D eigenvalue weighted by atomic mass is 9.65. The van der Waals surface area contributed by atoms with E-state index in [1.165, 1.54) is 0 Å². The van der Waals surface area contributed by atoms with Crippen molar-refractivity contribution in [2.24, 2.45) is 17.8 Å². The smallest absolute Gasteiger partial charge is 0.251 e. The van der Waals surface area contributed by atoms with Crippen LogP contribution in [0, 0.1) is 17.8 Å². The first kappa shape index (κ1) is 34.0. The van der Waals surface area contributed by atoms with Gasteiger partial charge in [0.1, 0.15) is 6.04 Å². The molecule has 3 amide bonds. The van der Waals surface area contributed by atoms with Gasteiger partial charge < -0.3 is 19.8 Å². The molecule has 6 rings (SSSR count). The van der Waals surface area contributed by atoms with Crippen molar-refractivity contribution in [2.45, 2.75) is 61.6 Å². The van der Waals surface area contributed by atoms with Crippen LogP contribution >= 0.6 is 11.8 Å². The second kappa shape index (κ2) is 14.7. The first-order valence-electron chi connectivity index (χ1n) is 17.3. The van der Waals surface area contributed by atoms with Gasteiger partial charge in [0.25, 0.3) is 5.91 Å². The fraction of sp³-hybridized carbons (Fsp3) is 0.425. The van der Waals surface area contributed by atoms with Crippen molar-refractivity contribution < 1.29 is 19.5 Å². The lowest BCUT2D eigenvalue weighted by Gasteiger charge is -2.41. The molecule has 8 heteroatoms. The van der Waals surface area contributed by atoms with Crippen LogP contribution in [0.1, 0.15) is 44.6 Å². The zero-order valence-corrected chi connectivity index (χ0v) is 28.7. The van der Waals surface area contributed by atoms with Crippen LogP contribution in [0.3, 0.4) is 0 Å². The molecule has 252 valence electrons. The van der Waals surface area contributed by atoms with E-state index in [1.807, 2.05) is 76.5 Å². The molecular formula is C40H47N3O4S. The molecule has 2 bridgehead atoms. The number of aliphatic hydroxyl groups is 1. The van der Waals surface area contributed by atoms with Crippen molar-refractivity contribution >= 4 is 45.9 Å². The number of benzene rings is 3. The molecule has 3 aromatic rings. The van der Waals surface area contributed by atoms with Gasteiger partial charge in [0.2, 0.25) is 11.8 Å². The van der Waals surface area contributed by atoms with Crippen LogP contribution in [0.15, 0.2) is 98.1 Å². The van der Waals surface area contributed by atoms with E-state index in [4.69, 9.17) is 0 Å². The zero-order valence-electron chi connectivity index (χ0n) is 27.9. The number of carbonyl (C=O) groups excluding carboxylic acids is 3. The van der Waals surface area contributed by atoms with Crippen LogP contribution < -0.4 is 4.90 Å². The maximum Gasteiger partial charge on any atom is 0.251 e. The van der Waals surface area contributed by atoms with Gasteiger partial charge in [0.15, 0.2) is 0 Å². The van der Waals surface area contributed by atoms with E-state index in [0.29, 0.717) is 32.6 Å². The number of rotatable bonds is 15. The molecule has 1 N–H and O–H groups in total. The largest absolute Gasteiger partial charge is 0.396 e. The van der Waals surface area contributed by atoms with Crippen LogP contribution in [0.4, 0.5) is 5.69 Å². The molecule has 6 atom stereocenters. The number of aliphatic hydroxyl groups excluding tert-OH is 1. The molecule has 1 spiro atoms. The second-order valence-electron chi connectivity index (χ2n) is 13.5. The van der Waals surface area contributed by atoms with Crippen molar-refractivity contribution in [1.29, 1.82) is 0 Å². The van der Waals surface area contributed by atoms with Gasteiger partial charge in [-0.05, 0) is 53.6 Å². The molecule has 7 nitrogen and oxygen atoms in total. The third kappa shape index (κ3) is 6.09. The van der Waals surface area contributed by atoms with E-state index in [-0.39, 0.29) is 35.5 Å². The molecule has 3 aliphatic rings. The summed E-state index contributed by atoms with van der Waals surface area (Å²) in [6.45, 7) is 11.8. The normalized spacial score (nSPS) is 25.7. The first-order valence-corrected chi connectivity index (χ1v) is 18.2. The summed E-state index contributed by atoms with van der Waals surface area (Å²) in [5, 5.41) is 11.4. The van der Waals surface area contributed by atoms with Crippen LogP contribution in [-0.4, -0.2) is 74.9 Å². The van der Waals surface area contributed by atoms with E-state index < -0.39 is 22.6 Å². The number of hydrogen-bond acceptors (Lipinski definition) is 5. The number of anilines is 1. The van der Waals surface area contributed by atoms with Crippen molar-refractivity contribution in [2.75, 3.05) is 31.1 Å². The van der Waals surface area contributed by atoms with Crippen LogP contribution in [0.5, 0.6) is 0 Å². The lowest BCUT2D eigenvalue weighted by molar-refractivity contribution is -0.144.